The van der Waals surface area contributed by atoms with Crippen LogP contribution in [0, 0.1) is 5.92 Å². The summed E-state index contributed by atoms with van der Waals surface area (Å²) in [6.07, 6.45) is 10.1. The van der Waals surface area contributed by atoms with Crippen LogP contribution >= 0.6 is 0 Å². The topological polar surface area (TPSA) is 140 Å². The normalized spacial score (nSPS) is 19.2. The van der Waals surface area contributed by atoms with Gasteiger partial charge >= 0.3 is 0 Å². The molecule has 11 heteroatoms. The van der Waals surface area contributed by atoms with E-state index in [9.17, 15) is 9.59 Å². The molecule has 0 bridgehead atoms. The molecular weight excluding hydrogens is 424 g/mol. The molecule has 0 aliphatic carbocycles. The first-order valence-electron chi connectivity index (χ1n) is 11.2. The molecule has 2 fully saturated rings. The van der Waals surface area contributed by atoms with Crippen molar-refractivity contribution in [1.82, 2.24) is 24.6 Å². The van der Waals surface area contributed by atoms with E-state index in [4.69, 9.17) is 10.5 Å². The number of carbonyl (C=O) groups is 2. The Morgan fingerprint density at radius 3 is 2.85 bits per heavy atom. The molecule has 2 aliphatic heterocycles. The summed E-state index contributed by atoms with van der Waals surface area (Å²) in [6.45, 7) is 7.07. The highest BCUT2D eigenvalue weighted by Gasteiger charge is 2.24. The average molecular weight is 455 g/mol. The van der Waals surface area contributed by atoms with Gasteiger partial charge in [0.05, 0.1) is 23.5 Å². The van der Waals surface area contributed by atoms with Gasteiger partial charge in [0.15, 0.2) is 0 Å². The number of rotatable bonds is 8. The maximum absolute atomic E-state index is 12.0. The van der Waals surface area contributed by atoms with E-state index in [-0.39, 0.29) is 17.5 Å². The number of amides is 2. The van der Waals surface area contributed by atoms with Crippen molar-refractivity contribution in [3.05, 3.63) is 36.8 Å². The van der Waals surface area contributed by atoms with E-state index in [2.05, 4.69) is 32.3 Å². The standard InChI is InChI=1S/C22H30N8O3/c1-2-19(31)29-7-3-4-17(14-29)30-13-16(11-26-30)27-22-25-12-18(20(23)32)21(28-22)24-10-15-5-8-33-9-6-15/h2,11-13,15,17H,1,3-10,14H2,(H2,23,32)(H2,24,25,27,28)/t17-/m1/s1. The quantitative estimate of drug-likeness (QED) is 0.512. The Kier molecular flexibility index (Phi) is 7.18. The smallest absolute Gasteiger partial charge is 0.254 e. The second-order valence-electron chi connectivity index (χ2n) is 8.38. The van der Waals surface area contributed by atoms with Crippen LogP contribution in [0.25, 0.3) is 0 Å². The number of primary amides is 1. The Morgan fingerprint density at radius 1 is 1.27 bits per heavy atom. The number of nitrogens with zero attached hydrogens (tertiary/aromatic N) is 5. The molecule has 1 atom stereocenters. The number of nitrogens with two attached hydrogens (primary N) is 1. The Hall–Kier alpha value is -3.47. The Balaban J connectivity index is 1.43. The van der Waals surface area contributed by atoms with Crippen molar-refractivity contribution in [2.24, 2.45) is 11.7 Å². The first-order valence-corrected chi connectivity index (χ1v) is 11.2. The lowest BCUT2D eigenvalue weighted by molar-refractivity contribution is -0.127. The summed E-state index contributed by atoms with van der Waals surface area (Å²) < 4.78 is 7.25. The molecule has 33 heavy (non-hydrogen) atoms. The van der Waals surface area contributed by atoms with Gasteiger partial charge in [0.1, 0.15) is 5.82 Å². The second kappa shape index (κ2) is 10.4. The number of ether oxygens (including phenoxy) is 1. The van der Waals surface area contributed by atoms with Gasteiger partial charge in [0, 0.05) is 45.2 Å². The first kappa shape index (κ1) is 22.7. The molecule has 0 saturated carbocycles. The van der Waals surface area contributed by atoms with E-state index >= 15 is 0 Å². The summed E-state index contributed by atoms with van der Waals surface area (Å²) in [4.78, 5) is 34.3. The fourth-order valence-electron chi connectivity index (χ4n) is 4.18. The molecule has 11 nitrogen and oxygen atoms in total. The van der Waals surface area contributed by atoms with Crippen LogP contribution in [-0.4, -0.2) is 69.3 Å². The number of aromatic nitrogens is 4. The van der Waals surface area contributed by atoms with Crippen molar-refractivity contribution >= 4 is 29.3 Å². The predicted octanol–water partition coefficient (Wildman–Crippen LogP) is 1.70. The molecule has 4 rings (SSSR count). The fourth-order valence-corrected chi connectivity index (χ4v) is 4.18. The molecule has 2 aromatic heterocycles. The van der Waals surface area contributed by atoms with Crippen LogP contribution in [0.4, 0.5) is 17.5 Å². The van der Waals surface area contributed by atoms with Crippen LogP contribution in [0.3, 0.4) is 0 Å². The summed E-state index contributed by atoms with van der Waals surface area (Å²) in [5.41, 5.74) is 6.47. The molecule has 4 heterocycles. The largest absolute Gasteiger partial charge is 0.381 e. The van der Waals surface area contributed by atoms with Crippen LogP contribution in [0.1, 0.15) is 42.1 Å². The van der Waals surface area contributed by atoms with Crippen molar-refractivity contribution < 1.29 is 14.3 Å². The van der Waals surface area contributed by atoms with Gasteiger partial charge in [0.2, 0.25) is 11.9 Å². The number of anilines is 3. The van der Waals surface area contributed by atoms with Crippen LogP contribution in [-0.2, 0) is 9.53 Å². The molecule has 2 aliphatic rings. The minimum Gasteiger partial charge on any atom is -0.381 e. The van der Waals surface area contributed by atoms with Gasteiger partial charge in [-0.2, -0.15) is 10.1 Å². The average Bonchev–Trinajstić information content (AvgIpc) is 3.31. The van der Waals surface area contributed by atoms with Crippen molar-refractivity contribution in [3.8, 4) is 0 Å². The Bertz CT molecular complexity index is 1000. The molecule has 4 N–H and O–H groups in total. The number of nitrogens with one attached hydrogen (secondary N) is 2. The molecular formula is C22H30N8O3. The van der Waals surface area contributed by atoms with E-state index in [0.717, 1.165) is 45.4 Å². The van der Waals surface area contributed by atoms with E-state index in [1.165, 1.54) is 12.3 Å². The zero-order valence-electron chi connectivity index (χ0n) is 18.6. The highest BCUT2D eigenvalue weighted by Crippen LogP contribution is 2.24. The lowest BCUT2D eigenvalue weighted by atomic mass is 10.0. The molecule has 0 radical (unpaired) electrons. The van der Waals surface area contributed by atoms with Gasteiger partial charge in [-0.25, -0.2) is 4.98 Å². The third kappa shape index (κ3) is 5.67. The lowest BCUT2D eigenvalue weighted by Gasteiger charge is -2.32. The Morgan fingerprint density at radius 2 is 2.09 bits per heavy atom. The molecule has 2 amide bonds. The minimum absolute atomic E-state index is 0.0612. The van der Waals surface area contributed by atoms with E-state index in [1.807, 2.05) is 10.9 Å². The van der Waals surface area contributed by atoms with Crippen LogP contribution in [0.15, 0.2) is 31.2 Å². The third-order valence-corrected chi connectivity index (χ3v) is 6.07. The molecule has 2 aromatic rings. The summed E-state index contributed by atoms with van der Waals surface area (Å²) in [7, 11) is 0. The number of carbonyl (C=O) groups excluding carboxylic acids is 2. The summed E-state index contributed by atoms with van der Waals surface area (Å²) >= 11 is 0. The molecule has 176 valence electrons. The van der Waals surface area contributed by atoms with Crippen molar-refractivity contribution in [2.75, 3.05) is 43.5 Å². The van der Waals surface area contributed by atoms with Crippen molar-refractivity contribution in [2.45, 2.75) is 31.7 Å². The molecule has 0 spiro atoms. The molecule has 2 saturated heterocycles. The maximum atomic E-state index is 12.0. The van der Waals surface area contributed by atoms with Gasteiger partial charge in [0.25, 0.3) is 5.91 Å². The van der Waals surface area contributed by atoms with Crippen LogP contribution in [0.5, 0.6) is 0 Å². The predicted molar refractivity (Wildman–Crippen MR) is 123 cm³/mol. The van der Waals surface area contributed by atoms with Crippen LogP contribution < -0.4 is 16.4 Å². The van der Waals surface area contributed by atoms with Gasteiger partial charge in [-0.3, -0.25) is 14.3 Å². The summed E-state index contributed by atoms with van der Waals surface area (Å²) in [6, 6.07) is 0.0908. The third-order valence-electron chi connectivity index (χ3n) is 6.07. The fraction of sp³-hybridized carbons (Fsp3) is 0.500. The number of hydrogen-bond acceptors (Lipinski definition) is 8. The number of likely N-dealkylation sites (tertiary alicyclic amines) is 1. The zero-order chi connectivity index (χ0) is 23.2. The van der Waals surface area contributed by atoms with Gasteiger partial charge in [-0.15, -0.1) is 0 Å². The SMILES string of the molecule is C=CC(=O)N1CCC[C@@H](n2cc(Nc3ncc(C(N)=O)c(NCC4CCOCC4)n3)cn2)C1. The van der Waals surface area contributed by atoms with Crippen molar-refractivity contribution in [1.29, 1.82) is 0 Å². The van der Waals surface area contributed by atoms with E-state index in [1.54, 1.807) is 11.1 Å². The molecule has 0 aromatic carbocycles. The highest BCUT2D eigenvalue weighted by atomic mass is 16.5. The zero-order valence-corrected chi connectivity index (χ0v) is 18.6. The number of hydrogen-bond donors (Lipinski definition) is 3. The Labute approximate surface area is 192 Å². The maximum Gasteiger partial charge on any atom is 0.254 e. The van der Waals surface area contributed by atoms with Gasteiger partial charge < -0.3 is 26.0 Å². The molecule has 0 unspecified atom stereocenters. The monoisotopic (exact) mass is 454 g/mol. The highest BCUT2D eigenvalue weighted by molar-refractivity contribution is 5.97. The van der Waals surface area contributed by atoms with E-state index < -0.39 is 5.91 Å². The van der Waals surface area contributed by atoms with Gasteiger partial charge in [-0.1, -0.05) is 6.58 Å². The summed E-state index contributed by atoms with van der Waals surface area (Å²) in [5.74, 6) is 0.548. The van der Waals surface area contributed by atoms with Crippen LogP contribution in [0.2, 0.25) is 0 Å². The van der Waals surface area contributed by atoms with Gasteiger partial charge in [-0.05, 0) is 37.7 Å². The van der Waals surface area contributed by atoms with Crippen molar-refractivity contribution in [3.63, 3.8) is 0 Å². The summed E-state index contributed by atoms with van der Waals surface area (Å²) in [5, 5.41) is 10.8. The van der Waals surface area contributed by atoms with E-state index in [0.29, 0.717) is 36.5 Å². The second-order valence-corrected chi connectivity index (χ2v) is 8.38. The number of piperidine rings is 1. The first-order chi connectivity index (χ1) is 16.0. The minimum atomic E-state index is -0.584. The lowest BCUT2D eigenvalue weighted by Crippen LogP contribution is -2.39.